The van der Waals surface area contributed by atoms with E-state index in [4.69, 9.17) is 16.3 Å². The lowest BCUT2D eigenvalue weighted by molar-refractivity contribution is -0.130. The van der Waals surface area contributed by atoms with E-state index in [1.807, 2.05) is 43.3 Å². The monoisotopic (exact) mass is 404 g/mol. The number of rotatable bonds is 6. The molecule has 0 aliphatic carbocycles. The highest BCUT2D eigenvalue weighted by Crippen LogP contribution is 2.37. The maximum absolute atomic E-state index is 14.6. The second-order valence-electron chi connectivity index (χ2n) is 7.42. The van der Waals surface area contributed by atoms with Crippen LogP contribution in [0.1, 0.15) is 30.0 Å². The molecule has 0 aromatic heterocycles. The van der Waals surface area contributed by atoms with Crippen LogP contribution in [0.3, 0.4) is 0 Å². The second kappa shape index (κ2) is 9.03. The summed E-state index contributed by atoms with van der Waals surface area (Å²) in [5, 5.41) is 3.73. The van der Waals surface area contributed by atoms with Gasteiger partial charge in [0.2, 0.25) is 5.91 Å². The van der Waals surface area contributed by atoms with E-state index < -0.39 is 5.41 Å². The van der Waals surface area contributed by atoms with Crippen LogP contribution in [0.2, 0.25) is 5.02 Å². The predicted octanol–water partition coefficient (Wildman–Crippen LogP) is 3.95. The Morgan fingerprint density at radius 2 is 1.93 bits per heavy atom. The van der Waals surface area contributed by atoms with Crippen LogP contribution in [0.25, 0.3) is 0 Å². The van der Waals surface area contributed by atoms with Crippen molar-refractivity contribution in [2.45, 2.75) is 24.3 Å². The van der Waals surface area contributed by atoms with E-state index >= 15 is 0 Å². The summed E-state index contributed by atoms with van der Waals surface area (Å²) in [5.41, 5.74) is 0.555. The van der Waals surface area contributed by atoms with Crippen LogP contribution in [0.4, 0.5) is 4.39 Å². The molecule has 0 spiro atoms. The van der Waals surface area contributed by atoms with Gasteiger partial charge in [0.05, 0.1) is 11.5 Å². The van der Waals surface area contributed by atoms with Gasteiger partial charge in [-0.2, -0.15) is 0 Å². The van der Waals surface area contributed by atoms with Gasteiger partial charge in [0.25, 0.3) is 0 Å². The molecule has 28 heavy (non-hydrogen) atoms. The summed E-state index contributed by atoms with van der Waals surface area (Å²) in [4.78, 5) is 15.4. The van der Waals surface area contributed by atoms with Gasteiger partial charge in [0, 0.05) is 30.3 Å². The molecule has 2 aromatic rings. The molecule has 1 amide bonds. The summed E-state index contributed by atoms with van der Waals surface area (Å²) in [6.45, 7) is 1.28. The Morgan fingerprint density at radius 3 is 2.57 bits per heavy atom. The fourth-order valence-corrected chi connectivity index (χ4v) is 4.06. The number of nitrogens with one attached hydrogen (secondary N) is 1. The van der Waals surface area contributed by atoms with E-state index in [0.29, 0.717) is 43.2 Å². The standard InChI is InChI=1S/C22H26ClFN2O2/c1-26(2)20(16-6-5-7-17(23)14-16)15-25-21(27)22(10-12-28-13-11-22)18-8-3-4-9-19(18)24/h3-9,14,20H,10-13,15H2,1-2H3,(H,25,27)/t20-/m0/s1. The Balaban J connectivity index is 1.83. The van der Waals surface area contributed by atoms with Gasteiger partial charge in [-0.25, -0.2) is 4.39 Å². The highest BCUT2D eigenvalue weighted by atomic mass is 35.5. The lowest BCUT2D eigenvalue weighted by Gasteiger charge is -2.37. The topological polar surface area (TPSA) is 41.6 Å². The van der Waals surface area contributed by atoms with Crippen molar-refractivity contribution in [3.8, 4) is 0 Å². The fraction of sp³-hybridized carbons (Fsp3) is 0.409. The van der Waals surface area contributed by atoms with Gasteiger partial charge in [-0.3, -0.25) is 4.79 Å². The summed E-state index contributed by atoms with van der Waals surface area (Å²) in [6.07, 6.45) is 0.924. The molecule has 3 rings (SSSR count). The van der Waals surface area contributed by atoms with E-state index in [1.54, 1.807) is 18.2 Å². The molecule has 0 unspecified atom stereocenters. The minimum atomic E-state index is -0.908. The van der Waals surface area contributed by atoms with Gasteiger partial charge in [0.1, 0.15) is 5.82 Å². The molecule has 1 heterocycles. The van der Waals surface area contributed by atoms with Crippen molar-refractivity contribution in [2.24, 2.45) is 0 Å². The minimum absolute atomic E-state index is 0.0415. The van der Waals surface area contributed by atoms with E-state index in [0.717, 1.165) is 5.56 Å². The van der Waals surface area contributed by atoms with Crippen LogP contribution in [-0.2, 0) is 14.9 Å². The van der Waals surface area contributed by atoms with Gasteiger partial charge in [-0.15, -0.1) is 0 Å². The summed E-state index contributed by atoms with van der Waals surface area (Å²) in [7, 11) is 3.91. The SMILES string of the molecule is CN(C)[C@@H](CNC(=O)C1(c2ccccc2F)CCOCC1)c1cccc(Cl)c1. The number of benzene rings is 2. The molecule has 150 valence electrons. The first-order chi connectivity index (χ1) is 13.4. The van der Waals surface area contributed by atoms with Crippen molar-refractivity contribution in [1.29, 1.82) is 0 Å². The fourth-order valence-electron chi connectivity index (χ4n) is 3.86. The van der Waals surface area contributed by atoms with E-state index in [-0.39, 0.29) is 17.8 Å². The van der Waals surface area contributed by atoms with Gasteiger partial charge < -0.3 is 15.0 Å². The third-order valence-corrected chi connectivity index (χ3v) is 5.72. The predicted molar refractivity (Wildman–Crippen MR) is 109 cm³/mol. The molecule has 6 heteroatoms. The quantitative estimate of drug-likeness (QED) is 0.792. The van der Waals surface area contributed by atoms with Crippen molar-refractivity contribution in [2.75, 3.05) is 33.9 Å². The molecule has 2 aromatic carbocycles. The van der Waals surface area contributed by atoms with E-state index in [9.17, 15) is 9.18 Å². The van der Waals surface area contributed by atoms with Gasteiger partial charge >= 0.3 is 0 Å². The number of carbonyl (C=O) groups excluding carboxylic acids is 1. The van der Waals surface area contributed by atoms with Crippen LogP contribution < -0.4 is 5.32 Å². The number of hydrogen-bond acceptors (Lipinski definition) is 3. The number of ether oxygens (including phenoxy) is 1. The molecule has 1 fully saturated rings. The largest absolute Gasteiger partial charge is 0.381 e. The Morgan fingerprint density at radius 1 is 1.21 bits per heavy atom. The van der Waals surface area contributed by atoms with Gasteiger partial charge in [0.15, 0.2) is 0 Å². The molecule has 1 aliphatic heterocycles. The Kier molecular flexibility index (Phi) is 6.70. The number of halogens is 2. The average Bonchev–Trinajstić information content (AvgIpc) is 2.68. The number of amides is 1. The van der Waals surface area contributed by atoms with Gasteiger partial charge in [-0.1, -0.05) is 41.9 Å². The van der Waals surface area contributed by atoms with Crippen molar-refractivity contribution in [1.82, 2.24) is 10.2 Å². The van der Waals surface area contributed by atoms with Crippen LogP contribution in [0.5, 0.6) is 0 Å². The van der Waals surface area contributed by atoms with Crippen molar-refractivity contribution < 1.29 is 13.9 Å². The first kappa shape index (κ1) is 20.8. The molecular weight excluding hydrogens is 379 g/mol. The Hall–Kier alpha value is -1.95. The third-order valence-electron chi connectivity index (χ3n) is 5.48. The van der Waals surface area contributed by atoms with Crippen molar-refractivity contribution in [3.63, 3.8) is 0 Å². The highest BCUT2D eigenvalue weighted by molar-refractivity contribution is 6.30. The highest BCUT2D eigenvalue weighted by Gasteiger charge is 2.43. The van der Waals surface area contributed by atoms with Crippen molar-refractivity contribution >= 4 is 17.5 Å². The van der Waals surface area contributed by atoms with Crippen LogP contribution in [0, 0.1) is 5.82 Å². The van der Waals surface area contributed by atoms with Gasteiger partial charge in [-0.05, 0) is 50.7 Å². The molecular formula is C22H26ClFN2O2. The number of nitrogens with zero attached hydrogens (tertiary/aromatic N) is 1. The Labute approximate surface area is 170 Å². The van der Waals surface area contributed by atoms with Crippen LogP contribution in [-0.4, -0.2) is 44.7 Å². The number of carbonyl (C=O) groups is 1. The molecule has 1 atom stereocenters. The average molecular weight is 405 g/mol. The van der Waals surface area contributed by atoms with Crippen LogP contribution >= 0.6 is 11.6 Å². The summed E-state index contributed by atoms with van der Waals surface area (Å²) in [6, 6.07) is 14.1. The zero-order valence-electron chi connectivity index (χ0n) is 16.3. The normalized spacial score (nSPS) is 17.3. The molecule has 0 bridgehead atoms. The molecule has 0 radical (unpaired) electrons. The first-order valence-electron chi connectivity index (χ1n) is 9.47. The zero-order valence-corrected chi connectivity index (χ0v) is 17.0. The smallest absolute Gasteiger partial charge is 0.231 e. The molecule has 0 saturated carbocycles. The number of hydrogen-bond donors (Lipinski definition) is 1. The summed E-state index contributed by atoms with van der Waals surface area (Å²) in [5.74, 6) is -0.506. The third kappa shape index (κ3) is 4.37. The van der Waals surface area contributed by atoms with Crippen LogP contribution in [0.15, 0.2) is 48.5 Å². The maximum atomic E-state index is 14.6. The molecule has 1 aliphatic rings. The lowest BCUT2D eigenvalue weighted by atomic mass is 9.73. The zero-order chi connectivity index (χ0) is 20.1. The molecule has 4 nitrogen and oxygen atoms in total. The van der Waals surface area contributed by atoms with E-state index in [2.05, 4.69) is 5.32 Å². The summed E-state index contributed by atoms with van der Waals surface area (Å²) >= 11 is 6.14. The number of likely N-dealkylation sites (N-methyl/N-ethyl adjacent to an activating group) is 1. The Bertz CT molecular complexity index is 822. The second-order valence-corrected chi connectivity index (χ2v) is 7.86. The molecule has 1 N–H and O–H groups in total. The summed E-state index contributed by atoms with van der Waals surface area (Å²) < 4.78 is 20.0. The molecule has 1 saturated heterocycles. The lowest BCUT2D eigenvalue weighted by Crippen LogP contribution is -2.50. The van der Waals surface area contributed by atoms with Crippen molar-refractivity contribution in [3.05, 3.63) is 70.5 Å². The van der Waals surface area contributed by atoms with E-state index in [1.165, 1.54) is 6.07 Å². The minimum Gasteiger partial charge on any atom is -0.381 e. The maximum Gasteiger partial charge on any atom is 0.231 e. The first-order valence-corrected chi connectivity index (χ1v) is 9.85.